The van der Waals surface area contributed by atoms with Crippen molar-refractivity contribution < 1.29 is 8.83 Å². The van der Waals surface area contributed by atoms with E-state index in [4.69, 9.17) is 20.4 Å². The van der Waals surface area contributed by atoms with E-state index in [1.807, 2.05) is 42.5 Å². The van der Waals surface area contributed by atoms with Gasteiger partial charge < -0.3 is 8.83 Å². The second-order valence-electron chi connectivity index (χ2n) is 6.22. The van der Waals surface area contributed by atoms with E-state index < -0.39 is 0 Å². The lowest BCUT2D eigenvalue weighted by atomic mass is 10.2. The molecule has 0 aliphatic heterocycles. The zero-order valence-corrected chi connectivity index (χ0v) is 15.3. The van der Waals surface area contributed by atoms with Gasteiger partial charge in [0.15, 0.2) is 0 Å². The number of nitrogens with zero attached hydrogens (tertiary/aromatic N) is 3. The number of hydrogen-bond donors (Lipinski definition) is 0. The van der Waals surface area contributed by atoms with Crippen molar-refractivity contribution >= 4 is 11.6 Å². The predicted molar refractivity (Wildman–Crippen MR) is 103 cm³/mol. The van der Waals surface area contributed by atoms with Gasteiger partial charge in [-0.25, -0.2) is 0 Å². The lowest BCUT2D eigenvalue weighted by Gasteiger charge is -2.19. The summed E-state index contributed by atoms with van der Waals surface area (Å²) in [5, 5.41) is 9.04. The Hall–Kier alpha value is -2.89. The molecule has 0 N–H and O–H groups in total. The minimum Gasteiger partial charge on any atom is -0.468 e. The summed E-state index contributed by atoms with van der Waals surface area (Å²) in [6.07, 6.45) is 1.68. The van der Waals surface area contributed by atoms with Crippen LogP contribution in [0.15, 0.2) is 81.8 Å². The molecule has 4 rings (SSSR count). The van der Waals surface area contributed by atoms with Crippen LogP contribution in [-0.2, 0) is 19.6 Å². The van der Waals surface area contributed by atoms with Crippen LogP contribution in [0.25, 0.3) is 11.5 Å². The Bertz CT molecular complexity index is 966. The van der Waals surface area contributed by atoms with Gasteiger partial charge in [-0.15, -0.1) is 10.2 Å². The lowest BCUT2D eigenvalue weighted by molar-refractivity contribution is 0.206. The smallest absolute Gasteiger partial charge is 0.247 e. The SMILES string of the molecule is Clc1ccc(-c2nnc(CN(Cc3ccccc3)Cc3ccco3)o2)cc1. The van der Waals surface area contributed by atoms with E-state index in [-0.39, 0.29) is 0 Å². The quantitative estimate of drug-likeness (QED) is 0.442. The summed E-state index contributed by atoms with van der Waals surface area (Å²) in [5.74, 6) is 1.94. The average molecular weight is 380 g/mol. The van der Waals surface area contributed by atoms with Crippen LogP contribution in [0.5, 0.6) is 0 Å². The fraction of sp³-hybridized carbons (Fsp3) is 0.143. The van der Waals surface area contributed by atoms with Crippen LogP contribution in [0.1, 0.15) is 17.2 Å². The maximum atomic E-state index is 5.94. The highest BCUT2D eigenvalue weighted by atomic mass is 35.5. The van der Waals surface area contributed by atoms with E-state index in [1.54, 1.807) is 18.4 Å². The topological polar surface area (TPSA) is 55.3 Å². The first-order valence-corrected chi connectivity index (χ1v) is 9.01. The maximum absolute atomic E-state index is 5.94. The number of furan rings is 1. The van der Waals surface area contributed by atoms with Gasteiger partial charge in [0.1, 0.15) is 5.76 Å². The summed E-state index contributed by atoms with van der Waals surface area (Å²) < 4.78 is 11.4. The fourth-order valence-electron chi connectivity index (χ4n) is 2.85. The van der Waals surface area contributed by atoms with Crippen molar-refractivity contribution in [1.82, 2.24) is 15.1 Å². The number of halogens is 1. The summed E-state index contributed by atoms with van der Waals surface area (Å²) in [4.78, 5) is 2.20. The van der Waals surface area contributed by atoms with E-state index in [2.05, 4.69) is 27.2 Å². The molecule has 0 fully saturated rings. The van der Waals surface area contributed by atoms with Gasteiger partial charge in [0, 0.05) is 17.1 Å². The number of hydrogen-bond acceptors (Lipinski definition) is 5. The van der Waals surface area contributed by atoms with Gasteiger partial charge in [0.2, 0.25) is 11.8 Å². The van der Waals surface area contributed by atoms with E-state index in [9.17, 15) is 0 Å². The lowest BCUT2D eigenvalue weighted by Crippen LogP contribution is -2.22. The molecule has 6 heteroatoms. The summed E-state index contributed by atoms with van der Waals surface area (Å²) in [6, 6.07) is 21.5. The third-order valence-corrected chi connectivity index (χ3v) is 4.38. The molecule has 4 aromatic rings. The van der Waals surface area contributed by atoms with Gasteiger partial charge >= 0.3 is 0 Å². The second kappa shape index (κ2) is 8.20. The molecule has 0 aliphatic carbocycles. The third-order valence-electron chi connectivity index (χ3n) is 4.13. The molecule has 2 aromatic carbocycles. The van der Waals surface area contributed by atoms with Crippen molar-refractivity contribution in [3.63, 3.8) is 0 Å². The number of rotatable bonds is 7. The molecule has 0 aliphatic rings. The van der Waals surface area contributed by atoms with E-state index >= 15 is 0 Å². The molecule has 0 atom stereocenters. The Balaban J connectivity index is 1.51. The first kappa shape index (κ1) is 17.5. The summed E-state index contributed by atoms with van der Waals surface area (Å²) >= 11 is 5.94. The second-order valence-corrected chi connectivity index (χ2v) is 6.65. The highest BCUT2D eigenvalue weighted by Crippen LogP contribution is 2.21. The fourth-order valence-corrected chi connectivity index (χ4v) is 2.98. The first-order chi connectivity index (χ1) is 13.3. The van der Waals surface area contributed by atoms with Gasteiger partial charge in [-0.2, -0.15) is 0 Å². The molecular weight excluding hydrogens is 362 g/mol. The Morgan fingerprint density at radius 2 is 1.63 bits per heavy atom. The van der Waals surface area contributed by atoms with Gasteiger partial charge in [0.05, 0.1) is 19.4 Å². The molecule has 0 saturated carbocycles. The highest BCUT2D eigenvalue weighted by Gasteiger charge is 2.15. The van der Waals surface area contributed by atoms with Crippen molar-refractivity contribution in [2.45, 2.75) is 19.6 Å². The maximum Gasteiger partial charge on any atom is 0.247 e. The zero-order valence-electron chi connectivity index (χ0n) is 14.6. The molecule has 0 saturated heterocycles. The van der Waals surface area contributed by atoms with Crippen LogP contribution >= 0.6 is 11.6 Å². The zero-order chi connectivity index (χ0) is 18.5. The van der Waals surface area contributed by atoms with Crippen molar-refractivity contribution in [3.8, 4) is 11.5 Å². The molecule has 0 bridgehead atoms. The van der Waals surface area contributed by atoms with Crippen LogP contribution in [0, 0.1) is 0 Å². The monoisotopic (exact) mass is 379 g/mol. The molecule has 5 nitrogen and oxygen atoms in total. The van der Waals surface area contributed by atoms with Crippen LogP contribution in [0.2, 0.25) is 5.02 Å². The molecule has 136 valence electrons. The first-order valence-electron chi connectivity index (χ1n) is 8.63. The normalized spacial score (nSPS) is 11.2. The molecule has 0 unspecified atom stereocenters. The van der Waals surface area contributed by atoms with Gasteiger partial charge in [-0.1, -0.05) is 41.9 Å². The summed E-state index contributed by atoms with van der Waals surface area (Å²) in [6.45, 7) is 1.93. The Morgan fingerprint density at radius 3 is 2.37 bits per heavy atom. The van der Waals surface area contributed by atoms with Crippen LogP contribution in [0.4, 0.5) is 0 Å². The molecule has 0 radical (unpaired) electrons. The molecule has 2 aromatic heterocycles. The summed E-state index contributed by atoms with van der Waals surface area (Å²) in [7, 11) is 0. The van der Waals surface area contributed by atoms with E-state index in [1.165, 1.54) is 5.56 Å². The average Bonchev–Trinajstić information content (AvgIpc) is 3.35. The van der Waals surface area contributed by atoms with Crippen LogP contribution in [-0.4, -0.2) is 15.1 Å². The summed E-state index contributed by atoms with van der Waals surface area (Å²) in [5.41, 5.74) is 2.06. The minimum atomic E-state index is 0.485. The van der Waals surface area contributed by atoms with Crippen LogP contribution < -0.4 is 0 Å². The number of aromatic nitrogens is 2. The number of benzene rings is 2. The van der Waals surface area contributed by atoms with Crippen molar-refractivity contribution in [3.05, 3.63) is 95.2 Å². The predicted octanol–water partition coefficient (Wildman–Crippen LogP) is 5.19. The standard InChI is InChI=1S/C21H18ClN3O2/c22-18-10-8-17(9-11-18)21-24-23-20(27-21)15-25(14-19-7-4-12-26-19)13-16-5-2-1-3-6-16/h1-12H,13-15H2. The molecule has 2 heterocycles. The molecule has 0 amide bonds. The Kier molecular flexibility index (Phi) is 5.32. The molecular formula is C21H18ClN3O2. The Labute approximate surface area is 162 Å². The van der Waals surface area contributed by atoms with E-state index in [0.29, 0.717) is 29.9 Å². The third kappa shape index (κ3) is 4.64. The van der Waals surface area contributed by atoms with Crippen molar-refractivity contribution in [1.29, 1.82) is 0 Å². The Morgan fingerprint density at radius 1 is 0.815 bits per heavy atom. The highest BCUT2D eigenvalue weighted by molar-refractivity contribution is 6.30. The minimum absolute atomic E-state index is 0.485. The van der Waals surface area contributed by atoms with Crippen LogP contribution in [0.3, 0.4) is 0 Å². The van der Waals surface area contributed by atoms with Crippen molar-refractivity contribution in [2.75, 3.05) is 0 Å². The molecule has 0 spiro atoms. The van der Waals surface area contributed by atoms with Gasteiger partial charge in [-0.3, -0.25) is 4.90 Å². The largest absolute Gasteiger partial charge is 0.468 e. The van der Waals surface area contributed by atoms with Crippen molar-refractivity contribution in [2.24, 2.45) is 0 Å². The molecule has 27 heavy (non-hydrogen) atoms. The van der Waals surface area contributed by atoms with Gasteiger partial charge in [-0.05, 0) is 42.0 Å². The van der Waals surface area contributed by atoms with Gasteiger partial charge in [0.25, 0.3) is 0 Å². The van der Waals surface area contributed by atoms with E-state index in [0.717, 1.165) is 17.9 Å².